The second-order valence-corrected chi connectivity index (χ2v) is 5.30. The van der Waals surface area contributed by atoms with Crippen molar-refractivity contribution in [2.45, 2.75) is 38.8 Å². The van der Waals surface area contributed by atoms with Crippen LogP contribution in [0.4, 0.5) is 4.79 Å². The summed E-state index contributed by atoms with van der Waals surface area (Å²) >= 11 is 0. The lowest BCUT2D eigenvalue weighted by atomic mass is 10.1. The van der Waals surface area contributed by atoms with Gasteiger partial charge in [0.25, 0.3) is 0 Å². The number of amidine groups is 1. The zero-order valence-corrected chi connectivity index (χ0v) is 13.6. The fourth-order valence-electron chi connectivity index (χ4n) is 1.94. The van der Waals surface area contributed by atoms with Crippen molar-refractivity contribution < 1.29 is 24.6 Å². The van der Waals surface area contributed by atoms with Gasteiger partial charge in [0.05, 0.1) is 0 Å². The highest BCUT2D eigenvalue weighted by molar-refractivity contribution is 5.79. The molecule has 1 rings (SSSR count). The number of hydroxylamine groups is 2. The summed E-state index contributed by atoms with van der Waals surface area (Å²) in [5.41, 5.74) is 0.810. The lowest BCUT2D eigenvalue weighted by Gasteiger charge is -2.17. The molecule has 0 saturated carbocycles. The van der Waals surface area contributed by atoms with E-state index in [9.17, 15) is 14.8 Å². The number of hydrogen-bond acceptors (Lipinski definition) is 5. The summed E-state index contributed by atoms with van der Waals surface area (Å²) in [6, 6.07) is 8.02. The van der Waals surface area contributed by atoms with E-state index in [0.29, 0.717) is 12.8 Å². The molecule has 0 unspecified atom stereocenters. The van der Waals surface area contributed by atoms with Crippen LogP contribution in [0.25, 0.3) is 0 Å². The van der Waals surface area contributed by atoms with Crippen molar-refractivity contribution in [3.8, 4) is 0 Å². The summed E-state index contributed by atoms with van der Waals surface area (Å²) in [4.78, 5) is 22.9. The van der Waals surface area contributed by atoms with Gasteiger partial charge in [0.1, 0.15) is 18.5 Å². The summed E-state index contributed by atoms with van der Waals surface area (Å²) in [5.74, 6) is -1.12. The number of unbranched alkanes of at least 4 members (excludes halogenated alkanes) is 1. The lowest BCUT2D eigenvalue weighted by molar-refractivity contribution is -0.139. The normalized spacial score (nSPS) is 11.4. The molecule has 1 aromatic rings. The lowest BCUT2D eigenvalue weighted by Crippen LogP contribution is -2.41. The van der Waals surface area contributed by atoms with E-state index in [4.69, 9.17) is 15.3 Å². The molecule has 0 spiro atoms. The summed E-state index contributed by atoms with van der Waals surface area (Å²) < 4.78 is 4.99. The Morgan fingerprint density at radius 3 is 2.54 bits per heavy atom. The fraction of sp³-hybridized carbons (Fsp3) is 0.438. The van der Waals surface area contributed by atoms with Crippen LogP contribution in [0.1, 0.15) is 31.7 Å². The van der Waals surface area contributed by atoms with Crippen molar-refractivity contribution in [2.75, 3.05) is 6.54 Å². The van der Waals surface area contributed by atoms with Crippen molar-refractivity contribution >= 4 is 17.9 Å². The summed E-state index contributed by atoms with van der Waals surface area (Å²) in [6.07, 6.45) is 0.392. The van der Waals surface area contributed by atoms with Crippen LogP contribution in [0.3, 0.4) is 0 Å². The average Bonchev–Trinajstić information content (AvgIpc) is 2.56. The smallest absolute Gasteiger partial charge is 0.408 e. The first kappa shape index (κ1) is 19.4. The van der Waals surface area contributed by atoms with Crippen LogP contribution < -0.4 is 5.32 Å². The highest BCUT2D eigenvalue weighted by atomic mass is 16.5. The third-order valence-electron chi connectivity index (χ3n) is 3.30. The molecule has 0 saturated heterocycles. The highest BCUT2D eigenvalue weighted by Gasteiger charge is 2.20. The Balaban J connectivity index is 2.32. The molecule has 24 heavy (non-hydrogen) atoms. The number of rotatable bonds is 9. The standard InChI is InChI=1S/C16H23N3O5/c1-12(17)19(23)10-6-5-9-14(15(20)21)18-16(22)24-11-13-7-3-2-4-8-13/h2-4,7-8,14,17,23H,5-6,9-11H2,1H3,(H,18,22)(H,20,21)/t14-/m0/s1. The zero-order valence-electron chi connectivity index (χ0n) is 13.6. The van der Waals surface area contributed by atoms with E-state index < -0.39 is 18.1 Å². The number of alkyl carbamates (subject to hydrolysis) is 1. The summed E-state index contributed by atoms with van der Waals surface area (Å²) in [7, 11) is 0. The van der Waals surface area contributed by atoms with Gasteiger partial charge in [-0.1, -0.05) is 30.3 Å². The monoisotopic (exact) mass is 337 g/mol. The van der Waals surface area contributed by atoms with Gasteiger partial charge in [0.15, 0.2) is 0 Å². The number of benzene rings is 1. The number of nitrogens with one attached hydrogen (secondary N) is 2. The quantitative estimate of drug-likeness (QED) is 0.237. The molecule has 0 radical (unpaired) electrons. The molecule has 1 amide bonds. The maximum absolute atomic E-state index is 11.7. The van der Waals surface area contributed by atoms with Crippen LogP contribution in [0.15, 0.2) is 30.3 Å². The molecule has 0 aliphatic carbocycles. The summed E-state index contributed by atoms with van der Waals surface area (Å²) in [5, 5.41) is 28.8. The van der Waals surface area contributed by atoms with Crippen LogP contribution in [0.5, 0.6) is 0 Å². The van der Waals surface area contributed by atoms with E-state index in [1.54, 1.807) is 12.1 Å². The molecule has 8 nitrogen and oxygen atoms in total. The van der Waals surface area contributed by atoms with Gasteiger partial charge in [0, 0.05) is 6.54 Å². The molecule has 0 aliphatic rings. The predicted molar refractivity (Wildman–Crippen MR) is 86.9 cm³/mol. The second-order valence-electron chi connectivity index (χ2n) is 5.30. The molecular formula is C16H23N3O5. The number of carboxylic acids is 1. The summed E-state index contributed by atoms with van der Waals surface area (Å²) in [6.45, 7) is 1.75. The molecule has 0 fully saturated rings. The third-order valence-corrected chi connectivity index (χ3v) is 3.30. The number of nitrogens with zero attached hydrogens (tertiary/aromatic N) is 1. The second kappa shape index (κ2) is 10.2. The van der Waals surface area contributed by atoms with Gasteiger partial charge in [-0.15, -0.1) is 0 Å². The Morgan fingerprint density at radius 1 is 1.29 bits per heavy atom. The first-order chi connectivity index (χ1) is 11.4. The Hall–Kier alpha value is -2.61. The zero-order chi connectivity index (χ0) is 17.9. The largest absolute Gasteiger partial charge is 0.480 e. The van der Waals surface area contributed by atoms with Gasteiger partial charge in [-0.2, -0.15) is 0 Å². The minimum Gasteiger partial charge on any atom is -0.480 e. The van der Waals surface area contributed by atoms with E-state index in [1.807, 2.05) is 18.2 Å². The van der Waals surface area contributed by atoms with Crippen LogP contribution >= 0.6 is 0 Å². The van der Waals surface area contributed by atoms with Crippen LogP contribution in [-0.2, 0) is 16.1 Å². The first-order valence-electron chi connectivity index (χ1n) is 7.61. The number of amides is 1. The van der Waals surface area contributed by atoms with E-state index in [1.165, 1.54) is 6.92 Å². The molecule has 0 aliphatic heterocycles. The number of carbonyl (C=O) groups excluding carboxylic acids is 1. The number of aliphatic carboxylic acids is 1. The van der Waals surface area contributed by atoms with Gasteiger partial charge >= 0.3 is 12.1 Å². The van der Waals surface area contributed by atoms with Gasteiger partial charge in [-0.25, -0.2) is 14.7 Å². The molecule has 8 heteroatoms. The van der Waals surface area contributed by atoms with Gasteiger partial charge < -0.3 is 15.2 Å². The number of hydrogen-bond donors (Lipinski definition) is 4. The molecular weight excluding hydrogens is 314 g/mol. The Kier molecular flexibility index (Phi) is 8.28. The average molecular weight is 337 g/mol. The van der Waals surface area contributed by atoms with Crippen LogP contribution in [0.2, 0.25) is 0 Å². The molecule has 0 aromatic heterocycles. The molecule has 1 aromatic carbocycles. The molecule has 132 valence electrons. The van der Waals surface area contributed by atoms with E-state index in [2.05, 4.69) is 5.32 Å². The van der Waals surface area contributed by atoms with E-state index in [-0.39, 0.29) is 25.4 Å². The molecule has 4 N–H and O–H groups in total. The SMILES string of the molecule is CC(=N)N(O)CCCC[C@H](NC(=O)OCc1ccccc1)C(=O)O. The van der Waals surface area contributed by atoms with Crippen molar-refractivity contribution in [1.29, 1.82) is 5.41 Å². The van der Waals surface area contributed by atoms with E-state index in [0.717, 1.165) is 10.6 Å². The first-order valence-corrected chi connectivity index (χ1v) is 7.61. The van der Waals surface area contributed by atoms with Gasteiger partial charge in [-0.3, -0.25) is 10.6 Å². The highest BCUT2D eigenvalue weighted by Crippen LogP contribution is 2.05. The van der Waals surface area contributed by atoms with Gasteiger partial charge in [-0.05, 0) is 31.7 Å². The number of carboxylic acid groups (broad SMARTS) is 1. The third kappa shape index (κ3) is 7.59. The predicted octanol–water partition coefficient (Wildman–Crippen LogP) is 2.22. The minimum absolute atomic E-state index is 0.0207. The van der Waals surface area contributed by atoms with Crippen LogP contribution in [-0.4, -0.2) is 45.9 Å². The Bertz CT molecular complexity index is 550. The van der Waals surface area contributed by atoms with Crippen molar-refractivity contribution in [3.63, 3.8) is 0 Å². The maximum atomic E-state index is 11.7. The van der Waals surface area contributed by atoms with Crippen molar-refractivity contribution in [2.24, 2.45) is 0 Å². The Labute approximate surface area is 140 Å². The number of carbonyl (C=O) groups is 2. The minimum atomic E-state index is -1.14. The topological polar surface area (TPSA) is 123 Å². The van der Waals surface area contributed by atoms with E-state index >= 15 is 0 Å². The fourth-order valence-corrected chi connectivity index (χ4v) is 1.94. The molecule has 0 bridgehead atoms. The molecule has 1 atom stereocenters. The maximum Gasteiger partial charge on any atom is 0.408 e. The Morgan fingerprint density at radius 2 is 1.96 bits per heavy atom. The van der Waals surface area contributed by atoms with Crippen molar-refractivity contribution in [1.82, 2.24) is 10.4 Å². The van der Waals surface area contributed by atoms with Crippen molar-refractivity contribution in [3.05, 3.63) is 35.9 Å². The number of ether oxygens (including phenoxy) is 1. The van der Waals surface area contributed by atoms with Gasteiger partial charge in [0.2, 0.25) is 0 Å². The van der Waals surface area contributed by atoms with Crippen LogP contribution in [0, 0.1) is 5.41 Å². The molecule has 0 heterocycles.